The van der Waals surface area contributed by atoms with Gasteiger partial charge >= 0.3 is 0 Å². The molecule has 3 fully saturated rings. The van der Waals surface area contributed by atoms with Gasteiger partial charge in [0.05, 0.1) is 26.4 Å². The number of ether oxygens (including phenoxy) is 3. The number of aliphatic hydroxyl groups is 1. The van der Waals surface area contributed by atoms with Crippen LogP contribution >= 0.6 is 0 Å². The maximum Gasteiger partial charge on any atom is 0.161 e. The van der Waals surface area contributed by atoms with Gasteiger partial charge in [0.1, 0.15) is 6.61 Å². The zero-order chi connectivity index (χ0) is 21.6. The summed E-state index contributed by atoms with van der Waals surface area (Å²) in [6.45, 7) is 12.1. The number of hydrogen-bond donors (Lipinski definition) is 1. The van der Waals surface area contributed by atoms with Crippen LogP contribution in [0, 0.1) is 5.92 Å². The molecule has 4 rings (SSSR count). The van der Waals surface area contributed by atoms with Crippen molar-refractivity contribution in [2.75, 3.05) is 72.7 Å². The van der Waals surface area contributed by atoms with Crippen LogP contribution in [0.25, 0.3) is 0 Å². The Morgan fingerprint density at radius 3 is 2.55 bits per heavy atom. The van der Waals surface area contributed by atoms with Crippen molar-refractivity contribution in [2.24, 2.45) is 5.92 Å². The predicted molar refractivity (Wildman–Crippen MR) is 121 cm³/mol. The molecule has 1 N–H and O–H groups in total. The molecule has 0 amide bonds. The number of rotatable bonds is 8. The quantitative estimate of drug-likeness (QED) is 0.669. The molecule has 7 nitrogen and oxygen atoms in total. The van der Waals surface area contributed by atoms with Crippen molar-refractivity contribution in [1.29, 1.82) is 0 Å². The van der Waals surface area contributed by atoms with E-state index in [0.29, 0.717) is 13.2 Å². The molecule has 0 aliphatic carbocycles. The van der Waals surface area contributed by atoms with Crippen LogP contribution in [0.1, 0.15) is 25.3 Å². The van der Waals surface area contributed by atoms with Gasteiger partial charge in [0.15, 0.2) is 11.5 Å². The highest BCUT2D eigenvalue weighted by Gasteiger charge is 2.36. The minimum absolute atomic E-state index is 0.200. The van der Waals surface area contributed by atoms with Gasteiger partial charge in [-0.2, -0.15) is 0 Å². The van der Waals surface area contributed by atoms with Crippen LogP contribution < -0.4 is 9.47 Å². The van der Waals surface area contributed by atoms with Crippen molar-refractivity contribution in [2.45, 2.75) is 38.5 Å². The van der Waals surface area contributed by atoms with Gasteiger partial charge in [-0.1, -0.05) is 13.0 Å². The number of methoxy groups -OCH3 is 1. The predicted octanol–water partition coefficient (Wildman–Crippen LogP) is 1.68. The molecule has 3 aliphatic rings. The molecule has 1 aromatic rings. The Morgan fingerprint density at radius 2 is 1.81 bits per heavy atom. The Hall–Kier alpha value is -1.38. The van der Waals surface area contributed by atoms with Crippen LogP contribution in [0.4, 0.5) is 0 Å². The molecule has 0 spiro atoms. The smallest absolute Gasteiger partial charge is 0.161 e. The van der Waals surface area contributed by atoms with E-state index >= 15 is 0 Å². The SMILES string of the molecule is COc1cc(CN2C[C@H](O)[C@@H](N3CCOCC3)C2)ccc1OCCN1CCC(C)CC1. The molecule has 0 saturated carbocycles. The summed E-state index contributed by atoms with van der Waals surface area (Å²) in [5.74, 6) is 2.45. The van der Waals surface area contributed by atoms with Gasteiger partial charge in [0.2, 0.25) is 0 Å². The van der Waals surface area contributed by atoms with Crippen molar-refractivity contribution < 1.29 is 19.3 Å². The fourth-order valence-electron chi connectivity index (χ4n) is 5.00. The van der Waals surface area contributed by atoms with Crippen molar-refractivity contribution in [3.8, 4) is 11.5 Å². The molecule has 3 aliphatic heterocycles. The lowest BCUT2D eigenvalue weighted by Gasteiger charge is -2.33. The molecule has 1 aromatic carbocycles. The molecule has 3 heterocycles. The lowest BCUT2D eigenvalue weighted by molar-refractivity contribution is -0.00618. The van der Waals surface area contributed by atoms with Gasteiger partial charge in [-0.3, -0.25) is 14.7 Å². The second kappa shape index (κ2) is 11.0. The summed E-state index contributed by atoms with van der Waals surface area (Å²) in [6.07, 6.45) is 2.27. The summed E-state index contributed by atoms with van der Waals surface area (Å²) >= 11 is 0. The van der Waals surface area contributed by atoms with E-state index in [-0.39, 0.29) is 12.1 Å². The Bertz CT molecular complexity index is 689. The highest BCUT2D eigenvalue weighted by Crippen LogP contribution is 2.29. The molecule has 0 bridgehead atoms. The number of piperidine rings is 1. The van der Waals surface area contributed by atoms with E-state index in [2.05, 4.69) is 33.8 Å². The van der Waals surface area contributed by atoms with Crippen LogP contribution in [0.2, 0.25) is 0 Å². The number of nitrogens with zero attached hydrogens (tertiary/aromatic N) is 3. The molecule has 2 atom stereocenters. The molecule has 0 unspecified atom stereocenters. The highest BCUT2D eigenvalue weighted by molar-refractivity contribution is 5.43. The maximum atomic E-state index is 10.6. The zero-order valence-electron chi connectivity index (χ0n) is 19.2. The van der Waals surface area contributed by atoms with E-state index in [4.69, 9.17) is 14.2 Å². The maximum absolute atomic E-state index is 10.6. The van der Waals surface area contributed by atoms with Gasteiger partial charge in [-0.05, 0) is 49.5 Å². The average molecular weight is 434 g/mol. The van der Waals surface area contributed by atoms with Crippen LogP contribution in [0.15, 0.2) is 18.2 Å². The Balaban J connectivity index is 1.27. The summed E-state index contributed by atoms with van der Waals surface area (Å²) in [7, 11) is 1.70. The van der Waals surface area contributed by atoms with Crippen LogP contribution in [0.5, 0.6) is 11.5 Å². The minimum atomic E-state index is -0.305. The average Bonchev–Trinajstić information content (AvgIpc) is 3.16. The van der Waals surface area contributed by atoms with E-state index in [9.17, 15) is 5.11 Å². The van der Waals surface area contributed by atoms with E-state index in [1.165, 1.54) is 31.5 Å². The van der Waals surface area contributed by atoms with Gasteiger partial charge in [0.25, 0.3) is 0 Å². The summed E-state index contributed by atoms with van der Waals surface area (Å²) in [4.78, 5) is 7.19. The number of β-amino-alcohol motifs (C(OH)–C–C–N with tert-alkyl or cyclic N) is 1. The van der Waals surface area contributed by atoms with Crippen LogP contribution in [-0.4, -0.2) is 105 Å². The molecule has 7 heteroatoms. The van der Waals surface area contributed by atoms with Crippen molar-refractivity contribution in [1.82, 2.24) is 14.7 Å². The lowest BCUT2D eigenvalue weighted by atomic mass is 9.99. The van der Waals surface area contributed by atoms with Crippen LogP contribution in [0.3, 0.4) is 0 Å². The number of morpholine rings is 1. The number of hydrogen-bond acceptors (Lipinski definition) is 7. The van der Waals surface area contributed by atoms with Crippen molar-refractivity contribution >= 4 is 0 Å². The molecule has 0 radical (unpaired) electrons. The normalized spacial score (nSPS) is 26.9. The number of likely N-dealkylation sites (tertiary alicyclic amines) is 2. The van der Waals surface area contributed by atoms with Crippen LogP contribution in [-0.2, 0) is 11.3 Å². The third kappa shape index (κ3) is 6.11. The first kappa shape index (κ1) is 22.8. The first-order chi connectivity index (χ1) is 15.1. The lowest BCUT2D eigenvalue weighted by Crippen LogP contribution is -2.48. The fraction of sp³-hybridized carbons (Fsp3) is 0.750. The standard InChI is InChI=1S/C24H39N3O4/c1-19-5-7-25(8-6-19)9-14-31-23-4-3-20(15-24(23)29-2)16-26-17-21(22(28)18-26)27-10-12-30-13-11-27/h3-4,15,19,21-22,28H,5-14,16-18H2,1-2H3/t21-,22-/m0/s1. The molecule has 3 saturated heterocycles. The van der Waals surface area contributed by atoms with Gasteiger partial charge in [-0.25, -0.2) is 0 Å². The Labute approximate surface area is 186 Å². The molecule has 31 heavy (non-hydrogen) atoms. The summed E-state index contributed by atoms with van der Waals surface area (Å²) < 4.78 is 17.1. The molecular weight excluding hydrogens is 394 g/mol. The fourth-order valence-corrected chi connectivity index (χ4v) is 5.00. The second-order valence-corrected chi connectivity index (χ2v) is 9.33. The first-order valence-electron chi connectivity index (χ1n) is 11.9. The summed E-state index contributed by atoms with van der Waals surface area (Å²) in [5, 5.41) is 10.6. The van der Waals surface area contributed by atoms with Crippen molar-refractivity contribution in [3.05, 3.63) is 23.8 Å². The third-order valence-corrected chi connectivity index (χ3v) is 7.02. The monoisotopic (exact) mass is 433 g/mol. The highest BCUT2D eigenvalue weighted by atomic mass is 16.5. The van der Waals surface area contributed by atoms with E-state index < -0.39 is 0 Å². The Kier molecular flexibility index (Phi) is 8.07. The van der Waals surface area contributed by atoms with Gasteiger partial charge in [0, 0.05) is 45.3 Å². The molecule has 174 valence electrons. The van der Waals surface area contributed by atoms with Gasteiger partial charge in [-0.15, -0.1) is 0 Å². The van der Waals surface area contributed by atoms with E-state index in [0.717, 1.165) is 63.4 Å². The topological polar surface area (TPSA) is 57.6 Å². The molecule has 0 aromatic heterocycles. The zero-order valence-corrected chi connectivity index (χ0v) is 19.2. The second-order valence-electron chi connectivity index (χ2n) is 9.33. The number of aliphatic hydroxyl groups excluding tert-OH is 1. The van der Waals surface area contributed by atoms with Crippen molar-refractivity contribution in [3.63, 3.8) is 0 Å². The van der Waals surface area contributed by atoms with E-state index in [1.54, 1.807) is 7.11 Å². The summed E-state index contributed by atoms with van der Waals surface area (Å²) in [5.41, 5.74) is 1.18. The van der Waals surface area contributed by atoms with Gasteiger partial charge < -0.3 is 19.3 Å². The number of benzene rings is 1. The van der Waals surface area contributed by atoms with E-state index in [1.807, 2.05) is 6.07 Å². The minimum Gasteiger partial charge on any atom is -0.493 e. The Morgan fingerprint density at radius 1 is 1.03 bits per heavy atom. The molecular formula is C24H39N3O4. The summed E-state index contributed by atoms with van der Waals surface area (Å²) in [6, 6.07) is 6.42. The first-order valence-corrected chi connectivity index (χ1v) is 11.9. The largest absolute Gasteiger partial charge is 0.493 e. The third-order valence-electron chi connectivity index (χ3n) is 7.02.